The van der Waals surface area contributed by atoms with E-state index in [9.17, 15) is 8.42 Å². The summed E-state index contributed by atoms with van der Waals surface area (Å²) in [6.45, 7) is 2.16. The monoisotopic (exact) mass is 239 g/mol. The van der Waals surface area contributed by atoms with E-state index in [0.717, 1.165) is 18.8 Å². The van der Waals surface area contributed by atoms with Gasteiger partial charge in [-0.2, -0.15) is 0 Å². The van der Waals surface area contributed by atoms with Gasteiger partial charge in [-0.05, 0) is 43.5 Å². The van der Waals surface area contributed by atoms with Crippen molar-refractivity contribution in [2.24, 2.45) is 0 Å². The van der Waals surface area contributed by atoms with E-state index in [2.05, 4.69) is 4.90 Å². The van der Waals surface area contributed by atoms with Crippen molar-refractivity contribution in [3.05, 3.63) is 24.3 Å². The van der Waals surface area contributed by atoms with Crippen LogP contribution in [0.15, 0.2) is 29.2 Å². The van der Waals surface area contributed by atoms with Gasteiger partial charge in [-0.3, -0.25) is 0 Å². The minimum atomic E-state index is -3.07. The zero-order chi connectivity index (χ0) is 11.6. The Kier molecular flexibility index (Phi) is 3.19. The molecule has 88 valence electrons. The smallest absolute Gasteiger partial charge is 0.175 e. The lowest BCUT2D eigenvalue weighted by atomic mass is 10.1. The molecule has 0 aliphatic carbocycles. The van der Waals surface area contributed by atoms with Gasteiger partial charge >= 0.3 is 0 Å². The molecular formula is C12H17NO2S. The third-order valence-electron chi connectivity index (χ3n) is 2.99. The van der Waals surface area contributed by atoms with E-state index >= 15 is 0 Å². The second-order valence-corrected chi connectivity index (χ2v) is 6.33. The van der Waals surface area contributed by atoms with Gasteiger partial charge in [-0.15, -0.1) is 0 Å². The highest BCUT2D eigenvalue weighted by Gasteiger charge is 2.12. The predicted octanol–water partition coefficient (Wildman–Crippen LogP) is 2.08. The summed E-state index contributed by atoms with van der Waals surface area (Å²) in [6, 6.07) is 7.20. The molecule has 0 radical (unpaired) electrons. The van der Waals surface area contributed by atoms with Gasteiger partial charge in [0.2, 0.25) is 0 Å². The van der Waals surface area contributed by atoms with Crippen molar-refractivity contribution in [1.82, 2.24) is 0 Å². The topological polar surface area (TPSA) is 37.4 Å². The van der Waals surface area contributed by atoms with Crippen molar-refractivity contribution in [2.45, 2.75) is 24.2 Å². The highest BCUT2D eigenvalue weighted by Crippen LogP contribution is 2.21. The van der Waals surface area contributed by atoms with Crippen LogP contribution in [0, 0.1) is 0 Å². The third-order valence-corrected chi connectivity index (χ3v) is 4.11. The highest BCUT2D eigenvalue weighted by molar-refractivity contribution is 7.90. The summed E-state index contributed by atoms with van der Waals surface area (Å²) in [5.74, 6) is 0. The number of rotatable bonds is 2. The molecule has 0 saturated carbocycles. The molecule has 0 amide bonds. The van der Waals surface area contributed by atoms with E-state index in [4.69, 9.17) is 0 Å². The quantitative estimate of drug-likeness (QED) is 0.793. The number of piperidine rings is 1. The maximum Gasteiger partial charge on any atom is 0.175 e. The molecule has 1 heterocycles. The largest absolute Gasteiger partial charge is 0.372 e. The molecule has 3 nitrogen and oxygen atoms in total. The zero-order valence-corrected chi connectivity index (χ0v) is 10.3. The van der Waals surface area contributed by atoms with Gasteiger partial charge in [0.15, 0.2) is 9.84 Å². The Morgan fingerprint density at radius 2 is 1.56 bits per heavy atom. The molecule has 1 saturated heterocycles. The van der Waals surface area contributed by atoms with Crippen LogP contribution in [0.25, 0.3) is 0 Å². The summed E-state index contributed by atoms with van der Waals surface area (Å²) in [5, 5.41) is 0. The van der Waals surface area contributed by atoms with Gasteiger partial charge in [0.05, 0.1) is 4.90 Å². The van der Waals surface area contributed by atoms with Gasteiger partial charge in [-0.1, -0.05) is 0 Å². The highest BCUT2D eigenvalue weighted by atomic mass is 32.2. The van der Waals surface area contributed by atoms with Crippen molar-refractivity contribution in [1.29, 1.82) is 0 Å². The molecule has 0 N–H and O–H groups in total. The minimum Gasteiger partial charge on any atom is -0.372 e. The molecule has 1 fully saturated rings. The lowest BCUT2D eigenvalue weighted by Crippen LogP contribution is -2.29. The van der Waals surface area contributed by atoms with Crippen LogP contribution in [0.3, 0.4) is 0 Å². The summed E-state index contributed by atoms with van der Waals surface area (Å²) >= 11 is 0. The Morgan fingerprint density at radius 3 is 2.06 bits per heavy atom. The normalized spacial score (nSPS) is 17.4. The van der Waals surface area contributed by atoms with Crippen molar-refractivity contribution in [2.75, 3.05) is 24.2 Å². The molecule has 4 heteroatoms. The molecule has 1 aromatic rings. The van der Waals surface area contributed by atoms with E-state index < -0.39 is 9.84 Å². The van der Waals surface area contributed by atoms with Crippen LogP contribution in [0.1, 0.15) is 19.3 Å². The van der Waals surface area contributed by atoms with Crippen LogP contribution >= 0.6 is 0 Å². The fraction of sp³-hybridized carbons (Fsp3) is 0.500. The van der Waals surface area contributed by atoms with Crippen molar-refractivity contribution in [3.63, 3.8) is 0 Å². The first-order chi connectivity index (χ1) is 7.57. The zero-order valence-electron chi connectivity index (χ0n) is 9.52. The molecule has 1 aromatic carbocycles. The molecule has 0 atom stereocenters. The van der Waals surface area contributed by atoms with Crippen LogP contribution in [-0.4, -0.2) is 27.8 Å². The average molecular weight is 239 g/mol. The van der Waals surface area contributed by atoms with Crippen LogP contribution in [0.2, 0.25) is 0 Å². The minimum absolute atomic E-state index is 0.397. The fourth-order valence-corrected chi connectivity index (χ4v) is 2.69. The van der Waals surface area contributed by atoms with Crippen molar-refractivity contribution >= 4 is 15.5 Å². The van der Waals surface area contributed by atoms with Gasteiger partial charge in [0.1, 0.15) is 0 Å². The Hall–Kier alpha value is -1.03. The number of hydrogen-bond donors (Lipinski definition) is 0. The first kappa shape index (κ1) is 11.5. The van der Waals surface area contributed by atoms with Crippen LogP contribution in [0.5, 0.6) is 0 Å². The van der Waals surface area contributed by atoms with Crippen LogP contribution in [-0.2, 0) is 9.84 Å². The Bertz CT molecular complexity index is 444. The Labute approximate surface area is 97.0 Å². The predicted molar refractivity (Wildman–Crippen MR) is 65.6 cm³/mol. The van der Waals surface area contributed by atoms with Crippen LogP contribution in [0.4, 0.5) is 5.69 Å². The number of nitrogens with zero attached hydrogens (tertiary/aromatic N) is 1. The number of benzene rings is 1. The standard InChI is InChI=1S/C12H17NO2S/c1-16(14,15)12-7-5-11(6-8-12)13-9-3-2-4-10-13/h5-8H,2-4,9-10H2,1H3. The van der Waals surface area contributed by atoms with E-state index in [1.54, 1.807) is 12.1 Å². The van der Waals surface area contributed by atoms with E-state index in [1.165, 1.54) is 25.5 Å². The summed E-state index contributed by atoms with van der Waals surface area (Å²) in [6.07, 6.45) is 5.00. The van der Waals surface area contributed by atoms with Crippen molar-refractivity contribution in [3.8, 4) is 0 Å². The Morgan fingerprint density at radius 1 is 1.00 bits per heavy atom. The number of hydrogen-bond acceptors (Lipinski definition) is 3. The van der Waals surface area contributed by atoms with Crippen LogP contribution < -0.4 is 4.90 Å². The summed E-state index contributed by atoms with van der Waals surface area (Å²) in [7, 11) is -3.07. The molecule has 1 aliphatic heterocycles. The molecule has 0 bridgehead atoms. The van der Waals surface area contributed by atoms with Gasteiger partial charge in [0, 0.05) is 25.0 Å². The van der Waals surface area contributed by atoms with Gasteiger partial charge in [-0.25, -0.2) is 8.42 Å². The molecule has 1 aliphatic rings. The lowest BCUT2D eigenvalue weighted by molar-refractivity contribution is 0.577. The van der Waals surface area contributed by atoms with E-state index in [1.807, 2.05) is 12.1 Å². The first-order valence-corrected chi connectivity index (χ1v) is 7.51. The number of anilines is 1. The maximum absolute atomic E-state index is 11.3. The summed E-state index contributed by atoms with van der Waals surface area (Å²) < 4.78 is 22.6. The summed E-state index contributed by atoms with van der Waals surface area (Å²) in [5.41, 5.74) is 1.13. The Balaban J connectivity index is 2.18. The second-order valence-electron chi connectivity index (χ2n) is 4.31. The SMILES string of the molecule is CS(=O)(=O)c1ccc(N2CCCCC2)cc1. The first-order valence-electron chi connectivity index (χ1n) is 5.62. The number of sulfone groups is 1. The second kappa shape index (κ2) is 4.45. The lowest BCUT2D eigenvalue weighted by Gasteiger charge is -2.28. The molecule has 0 aromatic heterocycles. The van der Waals surface area contributed by atoms with E-state index in [0.29, 0.717) is 4.90 Å². The van der Waals surface area contributed by atoms with Crippen molar-refractivity contribution < 1.29 is 8.42 Å². The van der Waals surface area contributed by atoms with Gasteiger partial charge < -0.3 is 4.90 Å². The molecule has 16 heavy (non-hydrogen) atoms. The average Bonchev–Trinajstić information content (AvgIpc) is 2.29. The van der Waals surface area contributed by atoms with E-state index in [-0.39, 0.29) is 0 Å². The maximum atomic E-state index is 11.3. The molecular weight excluding hydrogens is 222 g/mol. The molecule has 2 rings (SSSR count). The molecule has 0 spiro atoms. The van der Waals surface area contributed by atoms with Gasteiger partial charge in [0.25, 0.3) is 0 Å². The fourth-order valence-electron chi connectivity index (χ4n) is 2.06. The third kappa shape index (κ3) is 2.55. The molecule has 0 unspecified atom stereocenters. The summed E-state index contributed by atoms with van der Waals surface area (Å²) in [4.78, 5) is 2.71.